The molecule has 1 aliphatic carbocycles. The van der Waals surface area contributed by atoms with Crippen molar-refractivity contribution in [3.05, 3.63) is 23.1 Å². The topological polar surface area (TPSA) is 70.3 Å². The molecule has 3 rings (SSSR count). The molecule has 0 aromatic carbocycles. The van der Waals surface area contributed by atoms with Crippen molar-refractivity contribution in [2.45, 2.75) is 25.8 Å². The van der Waals surface area contributed by atoms with E-state index in [9.17, 15) is 14.0 Å². The van der Waals surface area contributed by atoms with E-state index >= 15 is 0 Å². The molecule has 1 saturated carbocycles. The maximum Gasteiger partial charge on any atom is 0.334 e. The van der Waals surface area contributed by atoms with E-state index in [2.05, 4.69) is 4.98 Å². The van der Waals surface area contributed by atoms with Gasteiger partial charge < -0.3 is 5.11 Å². The van der Waals surface area contributed by atoms with Gasteiger partial charge in [-0.2, -0.15) is 0 Å². The van der Waals surface area contributed by atoms with Gasteiger partial charge in [-0.1, -0.05) is 0 Å². The summed E-state index contributed by atoms with van der Waals surface area (Å²) in [5, 5.41) is 9.09. The van der Waals surface area contributed by atoms with Gasteiger partial charge in [-0.15, -0.1) is 0 Å². The van der Waals surface area contributed by atoms with Crippen LogP contribution in [0.2, 0.25) is 0 Å². The van der Waals surface area contributed by atoms with Crippen LogP contribution in [0.1, 0.15) is 28.9 Å². The molecular weight excluding hydrogens is 251 g/mol. The van der Waals surface area contributed by atoms with Crippen molar-refractivity contribution in [2.75, 3.05) is 0 Å². The Hall–Kier alpha value is -2.11. The third-order valence-corrected chi connectivity index (χ3v) is 3.44. The molecule has 1 aromatic rings. The van der Waals surface area contributed by atoms with E-state index < -0.39 is 23.5 Å². The third-order valence-electron chi connectivity index (χ3n) is 3.44. The summed E-state index contributed by atoms with van der Waals surface area (Å²) in [6.45, 7) is 1.52. The summed E-state index contributed by atoms with van der Waals surface area (Å²) in [5.41, 5.74) is 0.268. The van der Waals surface area contributed by atoms with Crippen molar-refractivity contribution in [1.82, 2.24) is 4.98 Å². The van der Waals surface area contributed by atoms with Crippen LogP contribution in [0.3, 0.4) is 0 Å². The van der Waals surface area contributed by atoms with Gasteiger partial charge in [0, 0.05) is 6.92 Å². The van der Waals surface area contributed by atoms with E-state index in [1.165, 1.54) is 13.1 Å². The van der Waals surface area contributed by atoms with Crippen LogP contribution in [0.25, 0.3) is 0 Å². The lowest BCUT2D eigenvalue weighted by Crippen LogP contribution is -2.35. The largest absolute Gasteiger partial charge is 0.480 e. The molecule has 1 unspecified atom stereocenters. The number of hydrogen-bond acceptors (Lipinski definition) is 3. The van der Waals surface area contributed by atoms with Crippen LogP contribution in [0.15, 0.2) is 6.07 Å². The number of carboxylic acid groups (broad SMARTS) is 1. The molecule has 0 amide bonds. The first kappa shape index (κ1) is 12.0. The van der Waals surface area contributed by atoms with Crippen molar-refractivity contribution in [3.63, 3.8) is 0 Å². The molecule has 19 heavy (non-hydrogen) atoms. The maximum absolute atomic E-state index is 13.6. The monoisotopic (exact) mass is 263 g/mol. The minimum absolute atomic E-state index is 0.0601. The summed E-state index contributed by atoms with van der Waals surface area (Å²) >= 11 is 0. The van der Waals surface area contributed by atoms with Crippen molar-refractivity contribution in [3.8, 4) is 0 Å². The zero-order valence-corrected chi connectivity index (χ0v) is 10.3. The van der Waals surface area contributed by atoms with Gasteiger partial charge in [0.2, 0.25) is 0 Å². The fourth-order valence-electron chi connectivity index (χ4n) is 2.24. The molecular formula is C13H12FN2O3+. The molecule has 0 saturated heterocycles. The first-order valence-electron chi connectivity index (χ1n) is 6.06. The Kier molecular flexibility index (Phi) is 2.48. The number of pyridine rings is 1. The number of aryl methyl sites for hydroxylation is 1. The van der Waals surface area contributed by atoms with E-state index in [-0.39, 0.29) is 17.3 Å². The van der Waals surface area contributed by atoms with Crippen LogP contribution in [0.4, 0.5) is 10.2 Å². The minimum atomic E-state index is -1.25. The first-order chi connectivity index (χ1) is 8.99. The second kappa shape index (κ2) is 3.94. The fourth-order valence-corrected chi connectivity index (χ4v) is 2.24. The zero-order valence-electron chi connectivity index (χ0n) is 10.3. The number of carbonyl (C=O) groups is 2. The fraction of sp³-hybridized carbons (Fsp3) is 0.385. The number of rotatable bonds is 2. The molecule has 2 aliphatic rings. The van der Waals surface area contributed by atoms with E-state index in [0.717, 1.165) is 18.9 Å². The van der Waals surface area contributed by atoms with E-state index in [1.807, 2.05) is 0 Å². The molecule has 1 aromatic heterocycles. The molecule has 0 spiro atoms. The van der Waals surface area contributed by atoms with Crippen molar-refractivity contribution in [2.24, 2.45) is 5.92 Å². The standard InChI is InChI=1S/C13H11FN2O3/c1-6-10(14)4-8-11(17)9(13(18)19)5-16(7-2-3-7)12(8)15-6/h4-5,7,9H,2-3H2,1H3/p+1. The second-order valence-electron chi connectivity index (χ2n) is 4.89. The van der Waals surface area contributed by atoms with Gasteiger partial charge in [-0.05, 0) is 23.9 Å². The lowest BCUT2D eigenvalue weighted by Gasteiger charge is -2.16. The summed E-state index contributed by atoms with van der Waals surface area (Å²) in [6, 6.07) is 1.27. The van der Waals surface area contributed by atoms with Gasteiger partial charge in [0.15, 0.2) is 23.2 Å². The molecule has 1 N–H and O–H groups in total. The van der Waals surface area contributed by atoms with Gasteiger partial charge in [-0.25, -0.2) is 8.97 Å². The number of aromatic nitrogens is 1. The molecule has 0 bridgehead atoms. The van der Waals surface area contributed by atoms with Crippen molar-refractivity contribution in [1.29, 1.82) is 0 Å². The number of carboxylic acids is 1. The van der Waals surface area contributed by atoms with Gasteiger partial charge in [0.05, 0.1) is 6.21 Å². The molecule has 0 radical (unpaired) electrons. The van der Waals surface area contributed by atoms with Gasteiger partial charge in [0.1, 0.15) is 11.6 Å². The first-order valence-corrected chi connectivity index (χ1v) is 6.06. The normalized spacial score (nSPS) is 21.9. The number of nitrogens with zero attached hydrogens (tertiary/aromatic N) is 2. The Balaban J connectivity index is 2.20. The summed E-state index contributed by atoms with van der Waals surface area (Å²) in [7, 11) is 0. The number of carbonyl (C=O) groups excluding carboxylic acids is 1. The number of hydrogen-bond donors (Lipinski definition) is 1. The third kappa shape index (κ3) is 1.83. The highest BCUT2D eigenvalue weighted by Crippen LogP contribution is 2.34. The Bertz CT molecular complexity index is 635. The van der Waals surface area contributed by atoms with E-state index in [0.29, 0.717) is 5.82 Å². The van der Waals surface area contributed by atoms with Crippen LogP contribution in [-0.4, -0.2) is 38.7 Å². The number of ketones is 1. The second-order valence-corrected chi connectivity index (χ2v) is 4.89. The highest BCUT2D eigenvalue weighted by molar-refractivity contribution is 6.19. The summed E-state index contributed by atoms with van der Waals surface area (Å²) in [5.74, 6) is -3.29. The van der Waals surface area contributed by atoms with Gasteiger partial charge in [-0.3, -0.25) is 9.59 Å². The molecule has 98 valence electrons. The highest BCUT2D eigenvalue weighted by Gasteiger charge is 2.44. The number of aliphatic carboxylic acids is 1. The molecule has 6 heteroatoms. The highest BCUT2D eigenvalue weighted by atomic mass is 19.1. The summed E-state index contributed by atoms with van der Waals surface area (Å²) in [4.78, 5) is 27.3. The molecule has 2 heterocycles. The van der Waals surface area contributed by atoms with Crippen LogP contribution in [0.5, 0.6) is 0 Å². The zero-order chi connectivity index (χ0) is 13.7. The summed E-state index contributed by atoms with van der Waals surface area (Å²) in [6.07, 6.45) is 3.25. The van der Waals surface area contributed by atoms with Gasteiger partial charge >= 0.3 is 11.8 Å². The summed E-state index contributed by atoms with van der Waals surface area (Å²) < 4.78 is 15.3. The Morgan fingerprint density at radius 1 is 1.53 bits per heavy atom. The predicted octanol–water partition coefficient (Wildman–Crippen LogP) is 1.30. The molecule has 1 fully saturated rings. The minimum Gasteiger partial charge on any atom is -0.480 e. The van der Waals surface area contributed by atoms with Gasteiger partial charge in [0.25, 0.3) is 0 Å². The van der Waals surface area contributed by atoms with Crippen molar-refractivity contribution < 1.29 is 23.7 Å². The predicted molar refractivity (Wildman–Crippen MR) is 63.4 cm³/mol. The Labute approximate surface area is 108 Å². The molecule has 1 aliphatic heterocycles. The Morgan fingerprint density at radius 2 is 2.21 bits per heavy atom. The van der Waals surface area contributed by atoms with Crippen LogP contribution < -0.4 is 0 Å². The average molecular weight is 263 g/mol. The quantitative estimate of drug-likeness (QED) is 0.645. The maximum atomic E-state index is 13.6. The van der Waals surface area contributed by atoms with Crippen LogP contribution >= 0.6 is 0 Å². The number of Topliss-reactive ketones (excluding diaryl/α,β-unsaturated/α-hetero) is 1. The lowest BCUT2D eigenvalue weighted by molar-refractivity contribution is -0.458. The van der Waals surface area contributed by atoms with E-state index in [1.54, 1.807) is 4.58 Å². The smallest absolute Gasteiger partial charge is 0.334 e. The van der Waals surface area contributed by atoms with Crippen LogP contribution in [0, 0.1) is 18.7 Å². The molecule has 1 atom stereocenters. The number of halogens is 1. The number of fused-ring (bicyclic) bond motifs is 1. The van der Waals surface area contributed by atoms with E-state index in [4.69, 9.17) is 5.11 Å². The average Bonchev–Trinajstić information content (AvgIpc) is 3.16. The molecule has 5 nitrogen and oxygen atoms in total. The Morgan fingerprint density at radius 3 is 2.79 bits per heavy atom. The van der Waals surface area contributed by atoms with Crippen molar-refractivity contribution >= 4 is 23.8 Å². The van der Waals surface area contributed by atoms with Crippen LogP contribution in [-0.2, 0) is 4.79 Å². The lowest BCUT2D eigenvalue weighted by atomic mass is 9.95. The SMILES string of the molecule is Cc1nc2c(cc1F)C(=O)C(C(=O)O)C=[N+]2C1CC1.